The summed E-state index contributed by atoms with van der Waals surface area (Å²) in [6, 6.07) is 1.78. The van der Waals surface area contributed by atoms with Crippen molar-refractivity contribution in [1.82, 2.24) is 5.43 Å². The number of alkyl halides is 3. The van der Waals surface area contributed by atoms with Crippen LogP contribution in [0.25, 0.3) is 0 Å². The zero-order valence-electron chi connectivity index (χ0n) is 9.38. The summed E-state index contributed by atoms with van der Waals surface area (Å²) in [6.07, 6.45) is -3.86. The Hall–Kier alpha value is -0.630. The maximum atomic E-state index is 11.8. The molecule has 3 N–H and O–H groups in total. The fourth-order valence-electron chi connectivity index (χ4n) is 1.42. The Balaban J connectivity index is 2.37. The van der Waals surface area contributed by atoms with E-state index in [9.17, 15) is 13.2 Å². The monoisotopic (exact) mass is 268 g/mol. The Labute approximate surface area is 102 Å². The van der Waals surface area contributed by atoms with Gasteiger partial charge >= 0.3 is 6.18 Å². The summed E-state index contributed by atoms with van der Waals surface area (Å²) < 4.78 is 40.1. The number of halogens is 3. The van der Waals surface area contributed by atoms with Gasteiger partial charge in [-0.2, -0.15) is 13.2 Å². The van der Waals surface area contributed by atoms with E-state index in [0.717, 1.165) is 10.4 Å². The molecule has 98 valence electrons. The first-order valence-electron chi connectivity index (χ1n) is 5.08. The quantitative estimate of drug-likeness (QED) is 0.473. The molecule has 1 unspecified atom stereocenters. The molecule has 0 fully saturated rings. The SMILES string of the molecule is Cc1ccsc1C(CCOCC(F)(F)F)NN. The number of hydrogen-bond donors (Lipinski definition) is 2. The van der Waals surface area contributed by atoms with E-state index in [2.05, 4.69) is 10.2 Å². The molecule has 1 atom stereocenters. The number of nitrogens with one attached hydrogen (secondary N) is 1. The van der Waals surface area contributed by atoms with Crippen LogP contribution in [0.5, 0.6) is 0 Å². The molecule has 0 aliphatic heterocycles. The molecule has 0 aliphatic carbocycles. The van der Waals surface area contributed by atoms with Crippen LogP contribution >= 0.6 is 11.3 Å². The van der Waals surface area contributed by atoms with Crippen LogP contribution < -0.4 is 11.3 Å². The van der Waals surface area contributed by atoms with Crippen molar-refractivity contribution in [3.63, 3.8) is 0 Å². The maximum absolute atomic E-state index is 11.8. The van der Waals surface area contributed by atoms with E-state index in [0.29, 0.717) is 6.42 Å². The van der Waals surface area contributed by atoms with E-state index in [-0.39, 0.29) is 12.6 Å². The van der Waals surface area contributed by atoms with Crippen LogP contribution in [0, 0.1) is 6.92 Å². The summed E-state index contributed by atoms with van der Waals surface area (Å²) in [5.41, 5.74) is 3.67. The van der Waals surface area contributed by atoms with Gasteiger partial charge < -0.3 is 4.74 Å². The summed E-state index contributed by atoms with van der Waals surface area (Å²) in [4.78, 5) is 1.03. The van der Waals surface area contributed by atoms with Crippen molar-refractivity contribution in [1.29, 1.82) is 0 Å². The minimum Gasteiger partial charge on any atom is -0.372 e. The second-order valence-electron chi connectivity index (χ2n) is 3.64. The average molecular weight is 268 g/mol. The van der Waals surface area contributed by atoms with Crippen molar-refractivity contribution in [2.75, 3.05) is 13.2 Å². The van der Waals surface area contributed by atoms with E-state index in [1.165, 1.54) is 11.3 Å². The van der Waals surface area contributed by atoms with Gasteiger partial charge in [-0.05, 0) is 30.4 Å². The lowest BCUT2D eigenvalue weighted by molar-refractivity contribution is -0.174. The minimum atomic E-state index is -4.27. The third-order valence-corrected chi connectivity index (χ3v) is 3.37. The van der Waals surface area contributed by atoms with Crippen molar-refractivity contribution in [3.05, 3.63) is 21.9 Å². The largest absolute Gasteiger partial charge is 0.411 e. The predicted octanol–water partition coefficient (Wildman–Crippen LogP) is 2.53. The van der Waals surface area contributed by atoms with E-state index >= 15 is 0 Å². The van der Waals surface area contributed by atoms with Gasteiger partial charge in [0.1, 0.15) is 6.61 Å². The molecule has 0 amide bonds. The first kappa shape index (κ1) is 14.4. The van der Waals surface area contributed by atoms with Crippen LogP contribution in [0.15, 0.2) is 11.4 Å². The van der Waals surface area contributed by atoms with Crippen LogP contribution in [0.1, 0.15) is 22.9 Å². The molecule has 1 heterocycles. The normalized spacial score (nSPS) is 13.9. The highest BCUT2D eigenvalue weighted by Gasteiger charge is 2.27. The molecular weight excluding hydrogens is 253 g/mol. The second-order valence-corrected chi connectivity index (χ2v) is 4.59. The maximum Gasteiger partial charge on any atom is 0.411 e. The molecule has 0 saturated carbocycles. The number of hydrogen-bond acceptors (Lipinski definition) is 4. The molecule has 0 aliphatic rings. The molecule has 1 aromatic heterocycles. The van der Waals surface area contributed by atoms with Crippen molar-refractivity contribution in [2.45, 2.75) is 25.6 Å². The van der Waals surface area contributed by atoms with Gasteiger partial charge in [-0.15, -0.1) is 11.3 Å². The molecule has 0 aromatic carbocycles. The number of ether oxygens (including phenoxy) is 1. The number of aryl methyl sites for hydroxylation is 1. The molecule has 7 heteroatoms. The lowest BCUT2D eigenvalue weighted by Crippen LogP contribution is -2.29. The lowest BCUT2D eigenvalue weighted by Gasteiger charge is -2.16. The van der Waals surface area contributed by atoms with Crippen LogP contribution in [-0.2, 0) is 4.74 Å². The zero-order valence-corrected chi connectivity index (χ0v) is 10.2. The van der Waals surface area contributed by atoms with Crippen molar-refractivity contribution in [2.24, 2.45) is 5.84 Å². The Bertz CT molecular complexity index is 341. The lowest BCUT2D eigenvalue weighted by atomic mass is 10.1. The number of thiophene rings is 1. The third kappa shape index (κ3) is 5.03. The van der Waals surface area contributed by atoms with Gasteiger partial charge in [-0.3, -0.25) is 11.3 Å². The Morgan fingerprint density at radius 1 is 1.53 bits per heavy atom. The highest BCUT2D eigenvalue weighted by atomic mass is 32.1. The van der Waals surface area contributed by atoms with Gasteiger partial charge in [0.25, 0.3) is 0 Å². The Morgan fingerprint density at radius 3 is 2.71 bits per heavy atom. The second kappa shape index (κ2) is 6.34. The first-order valence-corrected chi connectivity index (χ1v) is 5.96. The molecule has 3 nitrogen and oxygen atoms in total. The van der Waals surface area contributed by atoms with Crippen molar-refractivity contribution < 1.29 is 17.9 Å². The topological polar surface area (TPSA) is 47.3 Å². The molecule has 1 rings (SSSR count). The summed E-state index contributed by atoms with van der Waals surface area (Å²) in [6.45, 7) is 0.742. The number of nitrogens with two attached hydrogens (primary N) is 1. The van der Waals surface area contributed by atoms with Crippen molar-refractivity contribution in [3.8, 4) is 0 Å². The summed E-state index contributed by atoms with van der Waals surface area (Å²) in [5, 5.41) is 1.92. The van der Waals surface area contributed by atoms with Crippen LogP contribution in [0.4, 0.5) is 13.2 Å². The van der Waals surface area contributed by atoms with E-state index in [1.54, 1.807) is 0 Å². The van der Waals surface area contributed by atoms with Crippen LogP contribution in [-0.4, -0.2) is 19.4 Å². The average Bonchev–Trinajstić information content (AvgIpc) is 2.63. The fraction of sp³-hybridized carbons (Fsp3) is 0.600. The zero-order chi connectivity index (χ0) is 12.9. The van der Waals surface area contributed by atoms with Crippen LogP contribution in [0.3, 0.4) is 0 Å². The van der Waals surface area contributed by atoms with Gasteiger partial charge in [-0.1, -0.05) is 0 Å². The molecule has 0 spiro atoms. The highest BCUT2D eigenvalue weighted by Crippen LogP contribution is 2.25. The summed E-state index contributed by atoms with van der Waals surface area (Å²) >= 11 is 1.53. The van der Waals surface area contributed by atoms with Gasteiger partial charge in [-0.25, -0.2) is 0 Å². The molecular formula is C10H15F3N2OS. The molecule has 0 saturated heterocycles. The Morgan fingerprint density at radius 2 is 2.24 bits per heavy atom. The smallest absolute Gasteiger partial charge is 0.372 e. The third-order valence-electron chi connectivity index (χ3n) is 2.24. The van der Waals surface area contributed by atoms with Gasteiger partial charge in [0.15, 0.2) is 0 Å². The van der Waals surface area contributed by atoms with E-state index in [1.807, 2.05) is 18.4 Å². The summed E-state index contributed by atoms with van der Waals surface area (Å²) in [7, 11) is 0. The highest BCUT2D eigenvalue weighted by molar-refractivity contribution is 7.10. The number of hydrazine groups is 1. The Kier molecular flexibility index (Phi) is 5.38. The van der Waals surface area contributed by atoms with E-state index in [4.69, 9.17) is 5.84 Å². The van der Waals surface area contributed by atoms with Gasteiger partial charge in [0.2, 0.25) is 0 Å². The first-order chi connectivity index (χ1) is 7.94. The van der Waals surface area contributed by atoms with E-state index < -0.39 is 12.8 Å². The van der Waals surface area contributed by atoms with Gasteiger partial charge in [0, 0.05) is 11.5 Å². The molecule has 17 heavy (non-hydrogen) atoms. The fourth-order valence-corrected chi connectivity index (χ4v) is 2.44. The molecule has 1 aromatic rings. The molecule has 0 bridgehead atoms. The number of rotatable bonds is 6. The molecule has 0 radical (unpaired) electrons. The standard InChI is InChI=1S/C10H15F3N2OS/c1-7-3-5-17-9(7)8(15-14)2-4-16-6-10(11,12)13/h3,5,8,15H,2,4,6,14H2,1H3. The predicted molar refractivity (Wildman–Crippen MR) is 60.6 cm³/mol. The summed E-state index contributed by atoms with van der Waals surface area (Å²) in [5.74, 6) is 5.38. The van der Waals surface area contributed by atoms with Crippen LogP contribution in [0.2, 0.25) is 0 Å². The van der Waals surface area contributed by atoms with Crippen molar-refractivity contribution >= 4 is 11.3 Å². The minimum absolute atomic E-state index is 0.0196. The van der Waals surface area contributed by atoms with Gasteiger partial charge in [0.05, 0.1) is 6.04 Å².